The molecule has 0 amide bonds. The molecule has 1 heterocycles. The summed E-state index contributed by atoms with van der Waals surface area (Å²) in [6, 6.07) is 3.80. The number of furan rings is 1. The first-order valence-electron chi connectivity index (χ1n) is 5.07. The van der Waals surface area contributed by atoms with E-state index in [1.54, 1.807) is 6.26 Å². The molecular formula is C11H18O2S. The fourth-order valence-electron chi connectivity index (χ4n) is 1.36. The maximum absolute atomic E-state index is 5.54. The maximum atomic E-state index is 5.54. The predicted octanol–water partition coefficient (Wildman–Crippen LogP) is 3.14. The Labute approximate surface area is 91.0 Å². The average Bonchev–Trinajstić information content (AvgIpc) is 2.69. The average molecular weight is 214 g/mol. The van der Waals surface area contributed by atoms with Gasteiger partial charge < -0.3 is 9.15 Å². The van der Waals surface area contributed by atoms with Crippen molar-refractivity contribution in [2.45, 2.75) is 26.4 Å². The standard InChI is InChI=1S/C11H18O2S/c1-2-4-10(9-14)7-12-8-11-5-3-6-13-11/h3,5-6,10,14H,2,4,7-9H2,1H3. The fourth-order valence-corrected chi connectivity index (χ4v) is 1.64. The lowest BCUT2D eigenvalue weighted by atomic mass is 10.1. The molecule has 0 saturated carbocycles. The summed E-state index contributed by atoms with van der Waals surface area (Å²) in [5.74, 6) is 2.35. The van der Waals surface area contributed by atoms with Crippen molar-refractivity contribution in [1.82, 2.24) is 0 Å². The zero-order valence-electron chi connectivity index (χ0n) is 8.61. The summed E-state index contributed by atoms with van der Waals surface area (Å²) in [6.45, 7) is 3.53. The quantitative estimate of drug-likeness (QED) is 0.704. The molecule has 1 aromatic rings. The Morgan fingerprint density at radius 2 is 2.43 bits per heavy atom. The second kappa shape index (κ2) is 6.96. The molecule has 80 valence electrons. The predicted molar refractivity (Wildman–Crippen MR) is 60.6 cm³/mol. The molecule has 0 aromatic carbocycles. The minimum absolute atomic E-state index is 0.568. The second-order valence-electron chi connectivity index (χ2n) is 3.43. The zero-order chi connectivity index (χ0) is 10.2. The first kappa shape index (κ1) is 11.7. The highest BCUT2D eigenvalue weighted by atomic mass is 32.1. The van der Waals surface area contributed by atoms with Crippen molar-refractivity contribution < 1.29 is 9.15 Å². The largest absolute Gasteiger partial charge is 0.467 e. The van der Waals surface area contributed by atoms with E-state index < -0.39 is 0 Å². The van der Waals surface area contributed by atoms with Crippen LogP contribution in [0.25, 0.3) is 0 Å². The molecule has 1 atom stereocenters. The summed E-state index contributed by atoms with van der Waals surface area (Å²) >= 11 is 4.29. The number of rotatable bonds is 7. The Morgan fingerprint density at radius 1 is 1.57 bits per heavy atom. The van der Waals surface area contributed by atoms with Crippen LogP contribution in [0.5, 0.6) is 0 Å². The molecule has 1 rings (SSSR count). The van der Waals surface area contributed by atoms with E-state index in [0.29, 0.717) is 12.5 Å². The molecule has 0 aliphatic heterocycles. The van der Waals surface area contributed by atoms with E-state index in [-0.39, 0.29) is 0 Å². The van der Waals surface area contributed by atoms with Crippen LogP contribution in [-0.2, 0) is 11.3 Å². The van der Waals surface area contributed by atoms with Crippen molar-refractivity contribution in [3.63, 3.8) is 0 Å². The van der Waals surface area contributed by atoms with Crippen molar-refractivity contribution in [3.8, 4) is 0 Å². The van der Waals surface area contributed by atoms with E-state index in [0.717, 1.165) is 18.1 Å². The van der Waals surface area contributed by atoms with Crippen LogP contribution in [0, 0.1) is 5.92 Å². The van der Waals surface area contributed by atoms with E-state index >= 15 is 0 Å². The fraction of sp³-hybridized carbons (Fsp3) is 0.636. The summed E-state index contributed by atoms with van der Waals surface area (Å²) in [5.41, 5.74) is 0. The second-order valence-corrected chi connectivity index (χ2v) is 3.80. The molecule has 0 fully saturated rings. The number of ether oxygens (including phenoxy) is 1. The lowest BCUT2D eigenvalue weighted by Gasteiger charge is -2.12. The Balaban J connectivity index is 2.13. The normalized spacial score (nSPS) is 13.0. The minimum atomic E-state index is 0.568. The molecule has 3 heteroatoms. The van der Waals surface area contributed by atoms with Crippen LogP contribution in [0.3, 0.4) is 0 Å². The summed E-state index contributed by atoms with van der Waals surface area (Å²) in [4.78, 5) is 0. The molecule has 0 spiro atoms. The molecule has 0 aliphatic carbocycles. The van der Waals surface area contributed by atoms with Crippen molar-refractivity contribution in [3.05, 3.63) is 24.2 Å². The first-order valence-corrected chi connectivity index (χ1v) is 5.71. The SMILES string of the molecule is CCCC(CS)COCc1ccco1. The van der Waals surface area contributed by atoms with Crippen molar-refractivity contribution in [1.29, 1.82) is 0 Å². The van der Waals surface area contributed by atoms with Crippen molar-refractivity contribution in [2.75, 3.05) is 12.4 Å². The van der Waals surface area contributed by atoms with Crippen LogP contribution in [0.2, 0.25) is 0 Å². The molecule has 0 N–H and O–H groups in total. The minimum Gasteiger partial charge on any atom is -0.467 e. The Bertz CT molecular complexity index is 221. The number of thiol groups is 1. The summed E-state index contributed by atoms with van der Waals surface area (Å²) in [5, 5.41) is 0. The highest BCUT2D eigenvalue weighted by molar-refractivity contribution is 7.80. The van der Waals surface area contributed by atoms with E-state index in [1.165, 1.54) is 12.8 Å². The number of hydrogen-bond acceptors (Lipinski definition) is 3. The third-order valence-electron chi connectivity index (χ3n) is 2.13. The highest BCUT2D eigenvalue weighted by Crippen LogP contribution is 2.10. The molecule has 14 heavy (non-hydrogen) atoms. The van der Waals surface area contributed by atoms with E-state index in [9.17, 15) is 0 Å². The Hall–Kier alpha value is -0.410. The number of hydrogen-bond donors (Lipinski definition) is 1. The molecule has 0 bridgehead atoms. The van der Waals surface area contributed by atoms with Gasteiger partial charge in [-0.3, -0.25) is 0 Å². The molecule has 0 saturated heterocycles. The van der Waals surface area contributed by atoms with Crippen LogP contribution in [0.1, 0.15) is 25.5 Å². The Morgan fingerprint density at radius 3 is 3.00 bits per heavy atom. The van der Waals surface area contributed by atoms with Gasteiger partial charge in [0.15, 0.2) is 0 Å². The van der Waals surface area contributed by atoms with Gasteiger partial charge in [0.05, 0.1) is 12.9 Å². The smallest absolute Gasteiger partial charge is 0.129 e. The van der Waals surface area contributed by atoms with Gasteiger partial charge in [0.2, 0.25) is 0 Å². The first-order chi connectivity index (χ1) is 6.86. The van der Waals surface area contributed by atoms with Crippen LogP contribution >= 0.6 is 12.6 Å². The summed E-state index contributed by atoms with van der Waals surface area (Å²) < 4.78 is 10.7. The lowest BCUT2D eigenvalue weighted by Crippen LogP contribution is -2.10. The van der Waals surface area contributed by atoms with Crippen LogP contribution in [0.4, 0.5) is 0 Å². The van der Waals surface area contributed by atoms with Crippen LogP contribution in [0.15, 0.2) is 22.8 Å². The molecule has 0 aliphatic rings. The van der Waals surface area contributed by atoms with Crippen molar-refractivity contribution >= 4 is 12.6 Å². The van der Waals surface area contributed by atoms with Gasteiger partial charge in [-0.1, -0.05) is 13.3 Å². The Kier molecular flexibility index (Phi) is 5.80. The summed E-state index contributed by atoms with van der Waals surface area (Å²) in [6.07, 6.45) is 4.04. The van der Waals surface area contributed by atoms with E-state index in [1.807, 2.05) is 12.1 Å². The van der Waals surface area contributed by atoms with Gasteiger partial charge in [-0.2, -0.15) is 12.6 Å². The molecule has 1 unspecified atom stereocenters. The van der Waals surface area contributed by atoms with Gasteiger partial charge >= 0.3 is 0 Å². The van der Waals surface area contributed by atoms with Gasteiger partial charge in [0.1, 0.15) is 12.4 Å². The molecule has 0 radical (unpaired) electrons. The van der Waals surface area contributed by atoms with E-state index in [2.05, 4.69) is 19.6 Å². The zero-order valence-corrected chi connectivity index (χ0v) is 9.50. The van der Waals surface area contributed by atoms with Crippen molar-refractivity contribution in [2.24, 2.45) is 5.92 Å². The van der Waals surface area contributed by atoms with Crippen LogP contribution in [-0.4, -0.2) is 12.4 Å². The molecular weight excluding hydrogens is 196 g/mol. The monoisotopic (exact) mass is 214 g/mol. The highest BCUT2D eigenvalue weighted by Gasteiger charge is 2.05. The topological polar surface area (TPSA) is 22.4 Å². The van der Waals surface area contributed by atoms with Gasteiger partial charge in [0.25, 0.3) is 0 Å². The van der Waals surface area contributed by atoms with Gasteiger partial charge in [-0.15, -0.1) is 0 Å². The maximum Gasteiger partial charge on any atom is 0.129 e. The van der Waals surface area contributed by atoms with Gasteiger partial charge in [0, 0.05) is 0 Å². The van der Waals surface area contributed by atoms with E-state index in [4.69, 9.17) is 9.15 Å². The molecule has 2 nitrogen and oxygen atoms in total. The summed E-state index contributed by atoms with van der Waals surface area (Å²) in [7, 11) is 0. The molecule has 1 aromatic heterocycles. The van der Waals surface area contributed by atoms with Gasteiger partial charge in [-0.05, 0) is 30.2 Å². The lowest BCUT2D eigenvalue weighted by molar-refractivity contribution is 0.0789. The third kappa shape index (κ3) is 4.20. The van der Waals surface area contributed by atoms with Crippen LogP contribution < -0.4 is 0 Å². The third-order valence-corrected chi connectivity index (χ3v) is 2.65. The van der Waals surface area contributed by atoms with Gasteiger partial charge in [-0.25, -0.2) is 0 Å².